The zero-order valence-corrected chi connectivity index (χ0v) is 11.5. The maximum Gasteiger partial charge on any atom is 0.310 e. The lowest BCUT2D eigenvalue weighted by Gasteiger charge is -2.28. The third-order valence-corrected chi connectivity index (χ3v) is 3.44. The van der Waals surface area contributed by atoms with Gasteiger partial charge in [0.25, 0.3) is 0 Å². The average molecular weight is 285 g/mol. The lowest BCUT2D eigenvalue weighted by atomic mass is 9.76. The minimum atomic E-state index is -1.24. The van der Waals surface area contributed by atoms with E-state index in [4.69, 9.17) is 0 Å². The summed E-state index contributed by atoms with van der Waals surface area (Å²) in [6, 6.07) is 2.62. The van der Waals surface area contributed by atoms with E-state index in [0.717, 1.165) is 12.1 Å². The van der Waals surface area contributed by atoms with Crippen LogP contribution in [0.4, 0.5) is 14.5 Å². The van der Waals surface area contributed by atoms with Crippen molar-refractivity contribution in [2.24, 2.45) is 11.3 Å². The lowest BCUT2D eigenvalue weighted by Crippen LogP contribution is -2.37. The predicted octanol–water partition coefficient (Wildman–Crippen LogP) is 3.04. The second kappa shape index (κ2) is 5.98. The molecule has 1 unspecified atom stereocenters. The number of carbonyl (C=O) groups excluding carboxylic acids is 1. The first-order valence-electron chi connectivity index (χ1n) is 6.14. The molecule has 0 saturated heterocycles. The molecule has 1 rings (SSSR count). The van der Waals surface area contributed by atoms with Gasteiger partial charge in [-0.2, -0.15) is 0 Å². The average Bonchev–Trinajstić information content (AvgIpc) is 2.26. The first-order chi connectivity index (χ1) is 9.15. The Bertz CT molecular complexity index is 511. The van der Waals surface area contributed by atoms with Crippen LogP contribution in [0.3, 0.4) is 0 Å². The minimum Gasteiger partial charge on any atom is -0.481 e. The fraction of sp³-hybridized carbons (Fsp3) is 0.429. The van der Waals surface area contributed by atoms with Crippen molar-refractivity contribution in [3.8, 4) is 0 Å². The summed E-state index contributed by atoms with van der Waals surface area (Å²) < 4.78 is 26.0. The highest BCUT2D eigenvalue weighted by molar-refractivity contribution is 5.94. The molecule has 0 heterocycles. The Hall–Kier alpha value is -1.98. The van der Waals surface area contributed by atoms with Gasteiger partial charge in [-0.25, -0.2) is 8.78 Å². The Kier molecular flexibility index (Phi) is 4.81. The highest BCUT2D eigenvalue weighted by Crippen LogP contribution is 2.31. The van der Waals surface area contributed by atoms with E-state index >= 15 is 0 Å². The van der Waals surface area contributed by atoms with Crippen molar-refractivity contribution < 1.29 is 23.5 Å². The number of halogens is 2. The second-order valence-electron chi connectivity index (χ2n) is 5.26. The fourth-order valence-corrected chi connectivity index (χ4v) is 1.69. The molecule has 110 valence electrons. The first-order valence-corrected chi connectivity index (χ1v) is 6.14. The van der Waals surface area contributed by atoms with E-state index in [-0.39, 0.29) is 18.0 Å². The zero-order valence-electron chi connectivity index (χ0n) is 11.5. The van der Waals surface area contributed by atoms with Gasteiger partial charge in [0, 0.05) is 18.2 Å². The van der Waals surface area contributed by atoms with E-state index < -0.39 is 28.9 Å². The number of nitrogens with one attached hydrogen (secondary N) is 1. The summed E-state index contributed by atoms with van der Waals surface area (Å²) in [5.41, 5.74) is -1.28. The van der Waals surface area contributed by atoms with Crippen LogP contribution in [0, 0.1) is 23.0 Å². The molecule has 6 heteroatoms. The van der Waals surface area contributed by atoms with Gasteiger partial charge >= 0.3 is 5.97 Å². The number of hydrogen-bond donors (Lipinski definition) is 2. The monoisotopic (exact) mass is 285 g/mol. The molecule has 1 aromatic rings. The molecule has 1 amide bonds. The molecular formula is C14H17F2NO3. The van der Waals surface area contributed by atoms with Crippen LogP contribution in [-0.4, -0.2) is 17.0 Å². The lowest BCUT2D eigenvalue weighted by molar-refractivity contribution is -0.153. The van der Waals surface area contributed by atoms with E-state index in [1.54, 1.807) is 13.8 Å². The van der Waals surface area contributed by atoms with Gasteiger partial charge in [-0.1, -0.05) is 13.8 Å². The zero-order chi connectivity index (χ0) is 15.5. The summed E-state index contributed by atoms with van der Waals surface area (Å²) in [6.45, 7) is 4.86. The third-order valence-electron chi connectivity index (χ3n) is 3.44. The molecule has 1 atom stereocenters. The Morgan fingerprint density at radius 3 is 2.15 bits per heavy atom. The van der Waals surface area contributed by atoms with Crippen molar-refractivity contribution in [3.63, 3.8) is 0 Å². The second-order valence-corrected chi connectivity index (χ2v) is 5.26. The van der Waals surface area contributed by atoms with Gasteiger partial charge in [-0.15, -0.1) is 0 Å². The number of carboxylic acids is 1. The molecule has 0 fully saturated rings. The molecule has 0 aliphatic heterocycles. The van der Waals surface area contributed by atoms with Gasteiger partial charge in [0.05, 0.1) is 5.41 Å². The summed E-state index contributed by atoms with van der Waals surface area (Å²) in [6.07, 6.45) is -0.280. The van der Waals surface area contributed by atoms with E-state index in [9.17, 15) is 23.5 Å². The Morgan fingerprint density at radius 2 is 1.75 bits per heavy atom. The number of rotatable bonds is 5. The molecule has 0 aromatic heterocycles. The van der Waals surface area contributed by atoms with Crippen LogP contribution < -0.4 is 5.32 Å². The van der Waals surface area contributed by atoms with Crippen LogP contribution in [-0.2, 0) is 9.59 Å². The molecule has 20 heavy (non-hydrogen) atoms. The summed E-state index contributed by atoms with van der Waals surface area (Å²) in [5.74, 6) is -3.59. The number of aliphatic carboxylic acids is 1. The maximum atomic E-state index is 13.0. The molecule has 0 aliphatic rings. The molecule has 2 N–H and O–H groups in total. The third kappa shape index (κ3) is 3.76. The van der Waals surface area contributed by atoms with E-state index in [1.807, 2.05) is 0 Å². The molecule has 0 spiro atoms. The van der Waals surface area contributed by atoms with Gasteiger partial charge in [-0.3, -0.25) is 9.59 Å². The SMILES string of the molecule is CC(C)C(C)(CC(=O)Nc1cc(F)cc(F)c1)C(=O)O. The summed E-state index contributed by atoms with van der Waals surface area (Å²) in [4.78, 5) is 23.1. The van der Waals surface area contributed by atoms with E-state index in [0.29, 0.717) is 6.07 Å². The Labute approximate surface area is 115 Å². The van der Waals surface area contributed by atoms with Crippen molar-refractivity contribution in [2.75, 3.05) is 5.32 Å². The molecule has 1 aromatic carbocycles. The highest BCUT2D eigenvalue weighted by Gasteiger charge is 2.38. The summed E-state index contributed by atoms with van der Waals surface area (Å²) >= 11 is 0. The van der Waals surface area contributed by atoms with Gasteiger partial charge < -0.3 is 10.4 Å². The van der Waals surface area contributed by atoms with Gasteiger partial charge in [-0.05, 0) is 25.0 Å². The van der Waals surface area contributed by atoms with Crippen molar-refractivity contribution in [1.82, 2.24) is 0 Å². The molecule has 0 aliphatic carbocycles. The smallest absolute Gasteiger partial charge is 0.310 e. The van der Waals surface area contributed by atoms with Gasteiger partial charge in [0.2, 0.25) is 5.91 Å². The quantitative estimate of drug-likeness (QED) is 0.873. The predicted molar refractivity (Wildman–Crippen MR) is 70.2 cm³/mol. The van der Waals surface area contributed by atoms with Gasteiger partial charge in [0.1, 0.15) is 11.6 Å². The van der Waals surface area contributed by atoms with Crippen molar-refractivity contribution in [3.05, 3.63) is 29.8 Å². The maximum absolute atomic E-state index is 13.0. The Morgan fingerprint density at radius 1 is 1.25 bits per heavy atom. The largest absolute Gasteiger partial charge is 0.481 e. The molecular weight excluding hydrogens is 268 g/mol. The van der Waals surface area contributed by atoms with Crippen molar-refractivity contribution in [2.45, 2.75) is 27.2 Å². The van der Waals surface area contributed by atoms with Crippen LogP contribution in [0.25, 0.3) is 0 Å². The number of carboxylic acid groups (broad SMARTS) is 1. The number of amides is 1. The fourth-order valence-electron chi connectivity index (χ4n) is 1.69. The normalized spacial score (nSPS) is 13.9. The minimum absolute atomic E-state index is 0.0380. The van der Waals surface area contributed by atoms with Crippen LogP contribution in [0.15, 0.2) is 18.2 Å². The van der Waals surface area contributed by atoms with Crippen molar-refractivity contribution >= 4 is 17.6 Å². The molecule has 4 nitrogen and oxygen atoms in total. The first kappa shape index (κ1) is 16.1. The van der Waals surface area contributed by atoms with Crippen LogP contribution in [0.5, 0.6) is 0 Å². The summed E-state index contributed by atoms with van der Waals surface area (Å²) in [5, 5.41) is 11.5. The molecule has 0 radical (unpaired) electrons. The number of anilines is 1. The summed E-state index contributed by atoms with van der Waals surface area (Å²) in [7, 11) is 0. The molecule has 0 bridgehead atoms. The topological polar surface area (TPSA) is 66.4 Å². The van der Waals surface area contributed by atoms with Crippen LogP contribution in [0.2, 0.25) is 0 Å². The number of carbonyl (C=O) groups is 2. The van der Waals surface area contributed by atoms with Crippen molar-refractivity contribution in [1.29, 1.82) is 0 Å². The van der Waals surface area contributed by atoms with E-state index in [1.165, 1.54) is 6.92 Å². The highest BCUT2D eigenvalue weighted by atomic mass is 19.1. The van der Waals surface area contributed by atoms with Gasteiger partial charge in [0.15, 0.2) is 0 Å². The number of benzene rings is 1. The number of hydrogen-bond acceptors (Lipinski definition) is 2. The standard InChI is InChI=1S/C14H17F2NO3/c1-8(2)14(3,13(19)20)7-12(18)17-11-5-9(15)4-10(16)6-11/h4-6,8H,7H2,1-3H3,(H,17,18)(H,19,20). The van der Waals surface area contributed by atoms with Crippen LogP contribution in [0.1, 0.15) is 27.2 Å². The Balaban J connectivity index is 2.84. The van der Waals surface area contributed by atoms with E-state index in [2.05, 4.69) is 5.32 Å². The van der Waals surface area contributed by atoms with Crippen LogP contribution >= 0.6 is 0 Å². The molecule has 0 saturated carbocycles.